The summed E-state index contributed by atoms with van der Waals surface area (Å²) < 4.78 is 5.28. The molecule has 0 aromatic heterocycles. The number of nitrogens with zero attached hydrogens (tertiary/aromatic N) is 3. The minimum atomic E-state index is -0.868. The molecule has 0 radical (unpaired) electrons. The molecule has 44 heavy (non-hydrogen) atoms. The third-order valence-electron chi connectivity index (χ3n) is 5.79. The second-order valence-electron chi connectivity index (χ2n) is 8.82. The number of nitro benzene ring substituents is 2. The quantitative estimate of drug-likeness (QED) is 0.0562. The van der Waals surface area contributed by atoms with Crippen LogP contribution in [-0.2, 0) is 4.79 Å². The van der Waals surface area contributed by atoms with E-state index in [1.807, 2.05) is 0 Å². The molecule has 0 heterocycles. The van der Waals surface area contributed by atoms with Crippen molar-refractivity contribution in [2.75, 3.05) is 5.32 Å². The maximum atomic E-state index is 12.6. The molecule has 220 valence electrons. The van der Waals surface area contributed by atoms with Gasteiger partial charge in [0.05, 0.1) is 16.1 Å². The molecule has 0 saturated heterocycles. The van der Waals surface area contributed by atoms with Crippen LogP contribution in [0, 0.1) is 20.2 Å². The molecule has 0 fully saturated rings. The summed E-state index contributed by atoms with van der Waals surface area (Å²) in [4.78, 5) is 58.3. The van der Waals surface area contributed by atoms with Gasteiger partial charge in [0.1, 0.15) is 5.75 Å². The van der Waals surface area contributed by atoms with Crippen LogP contribution in [0.2, 0.25) is 5.02 Å². The van der Waals surface area contributed by atoms with Gasteiger partial charge < -0.3 is 10.1 Å². The Balaban J connectivity index is 1.41. The first-order valence-corrected chi connectivity index (χ1v) is 12.9. The summed E-state index contributed by atoms with van der Waals surface area (Å²) in [5, 5.41) is 29.2. The summed E-state index contributed by atoms with van der Waals surface area (Å²) in [5.74, 6) is -1.95. The fourth-order valence-corrected chi connectivity index (χ4v) is 3.75. The van der Waals surface area contributed by atoms with Gasteiger partial charge in [-0.2, -0.15) is 5.10 Å². The highest BCUT2D eigenvalue weighted by atomic mass is 35.5. The van der Waals surface area contributed by atoms with Gasteiger partial charge in [0.2, 0.25) is 0 Å². The Morgan fingerprint density at radius 3 is 2.11 bits per heavy atom. The predicted octanol–water partition coefficient (Wildman–Crippen LogP) is 5.79. The number of esters is 1. The first-order valence-electron chi connectivity index (χ1n) is 12.5. The molecule has 14 heteroatoms. The van der Waals surface area contributed by atoms with Gasteiger partial charge >= 0.3 is 5.97 Å². The Labute approximate surface area is 253 Å². The Kier molecular flexibility index (Phi) is 9.86. The third kappa shape index (κ3) is 8.41. The summed E-state index contributed by atoms with van der Waals surface area (Å²) in [6.45, 7) is 0. The zero-order chi connectivity index (χ0) is 31.6. The Morgan fingerprint density at radius 1 is 0.795 bits per heavy atom. The van der Waals surface area contributed by atoms with Crippen molar-refractivity contribution in [1.82, 2.24) is 5.43 Å². The van der Waals surface area contributed by atoms with Crippen molar-refractivity contribution in [2.45, 2.75) is 0 Å². The first-order chi connectivity index (χ1) is 21.1. The standard InChI is InChI=1S/C30H20ClN5O8/c31-23-9-5-20(6-10-23)29(38)33-24-11-7-21(8-12-24)30(39)34-32-18-22-17-26(36(42)43)13-14-27(22)44-28(37)15-4-19-2-1-3-25(16-19)35(40)41/h1-18H,(H,33,38)(H,34,39)/b15-4+,32-18+. The van der Waals surface area contributed by atoms with E-state index in [0.717, 1.165) is 24.4 Å². The normalized spacial score (nSPS) is 10.8. The van der Waals surface area contributed by atoms with E-state index in [2.05, 4.69) is 15.8 Å². The van der Waals surface area contributed by atoms with Gasteiger partial charge in [-0.25, -0.2) is 10.2 Å². The van der Waals surface area contributed by atoms with Crippen LogP contribution in [0.1, 0.15) is 31.8 Å². The molecule has 4 rings (SSSR count). The zero-order valence-electron chi connectivity index (χ0n) is 22.4. The summed E-state index contributed by atoms with van der Waals surface area (Å²) in [5.41, 5.74) is 3.22. The van der Waals surface area contributed by atoms with Crippen molar-refractivity contribution in [2.24, 2.45) is 5.10 Å². The number of non-ortho nitro benzene ring substituents is 2. The van der Waals surface area contributed by atoms with E-state index in [9.17, 15) is 34.6 Å². The SMILES string of the molecule is O=C(/C=C/c1cccc([N+](=O)[O-])c1)Oc1ccc([N+](=O)[O-])cc1/C=N/NC(=O)c1ccc(NC(=O)c2ccc(Cl)cc2)cc1. The average molecular weight is 614 g/mol. The van der Waals surface area contributed by atoms with Crippen LogP contribution in [-0.4, -0.2) is 33.8 Å². The van der Waals surface area contributed by atoms with Crippen molar-refractivity contribution >= 4 is 58.7 Å². The molecule has 4 aromatic rings. The number of carbonyl (C=O) groups excluding carboxylic acids is 3. The maximum absolute atomic E-state index is 12.6. The third-order valence-corrected chi connectivity index (χ3v) is 6.04. The average Bonchev–Trinajstić information content (AvgIpc) is 3.01. The molecule has 0 aliphatic heterocycles. The van der Waals surface area contributed by atoms with E-state index in [1.165, 1.54) is 54.6 Å². The number of amides is 2. The Hall–Kier alpha value is -6.21. The van der Waals surface area contributed by atoms with Crippen molar-refractivity contribution in [3.8, 4) is 5.75 Å². The summed E-state index contributed by atoms with van der Waals surface area (Å²) in [6, 6.07) is 21.3. The topological polar surface area (TPSA) is 183 Å². The summed E-state index contributed by atoms with van der Waals surface area (Å²) >= 11 is 5.84. The summed E-state index contributed by atoms with van der Waals surface area (Å²) in [7, 11) is 0. The fourth-order valence-electron chi connectivity index (χ4n) is 3.63. The minimum absolute atomic E-state index is 0.0110. The number of hydrogen-bond donors (Lipinski definition) is 2. The van der Waals surface area contributed by atoms with Crippen LogP contribution in [0.5, 0.6) is 5.75 Å². The highest BCUT2D eigenvalue weighted by Gasteiger charge is 2.14. The number of anilines is 1. The molecule has 0 unspecified atom stereocenters. The number of halogens is 1. The van der Waals surface area contributed by atoms with Crippen LogP contribution in [0.25, 0.3) is 6.08 Å². The predicted molar refractivity (Wildman–Crippen MR) is 162 cm³/mol. The van der Waals surface area contributed by atoms with Gasteiger partial charge in [-0.3, -0.25) is 29.8 Å². The van der Waals surface area contributed by atoms with E-state index < -0.39 is 21.7 Å². The molecular formula is C30H20ClN5O8. The number of hydrogen-bond acceptors (Lipinski definition) is 9. The number of carbonyl (C=O) groups is 3. The van der Waals surface area contributed by atoms with Crippen molar-refractivity contribution in [3.05, 3.63) is 145 Å². The molecule has 0 spiro atoms. The molecule has 2 N–H and O–H groups in total. The molecule has 2 amide bonds. The molecular weight excluding hydrogens is 594 g/mol. The molecule has 13 nitrogen and oxygen atoms in total. The monoisotopic (exact) mass is 613 g/mol. The van der Waals surface area contributed by atoms with E-state index in [0.29, 0.717) is 21.8 Å². The molecule has 0 atom stereocenters. The largest absolute Gasteiger partial charge is 0.423 e. The number of benzene rings is 4. The lowest BCUT2D eigenvalue weighted by atomic mass is 10.1. The number of nitrogens with one attached hydrogen (secondary N) is 2. The Bertz CT molecular complexity index is 1810. The van der Waals surface area contributed by atoms with Gasteiger partial charge in [0.15, 0.2) is 0 Å². The van der Waals surface area contributed by atoms with Crippen LogP contribution >= 0.6 is 11.6 Å². The second-order valence-corrected chi connectivity index (χ2v) is 9.26. The molecule has 0 saturated carbocycles. The van der Waals surface area contributed by atoms with E-state index in [-0.39, 0.29) is 34.2 Å². The van der Waals surface area contributed by atoms with Crippen molar-refractivity contribution < 1.29 is 29.0 Å². The van der Waals surface area contributed by atoms with Crippen molar-refractivity contribution in [3.63, 3.8) is 0 Å². The zero-order valence-corrected chi connectivity index (χ0v) is 23.1. The van der Waals surface area contributed by atoms with Gasteiger partial charge in [0, 0.05) is 57.7 Å². The van der Waals surface area contributed by atoms with Gasteiger partial charge in [-0.1, -0.05) is 23.7 Å². The number of rotatable bonds is 10. The highest BCUT2D eigenvalue weighted by Crippen LogP contribution is 2.23. The first kappa shape index (κ1) is 30.7. The summed E-state index contributed by atoms with van der Waals surface area (Å²) in [6.07, 6.45) is 3.41. The van der Waals surface area contributed by atoms with Crippen LogP contribution in [0.3, 0.4) is 0 Å². The number of hydrazone groups is 1. The molecule has 0 bridgehead atoms. The Morgan fingerprint density at radius 2 is 1.43 bits per heavy atom. The van der Waals surface area contributed by atoms with E-state index in [4.69, 9.17) is 16.3 Å². The number of nitro groups is 2. The smallest absolute Gasteiger partial charge is 0.336 e. The van der Waals surface area contributed by atoms with Gasteiger partial charge in [0.25, 0.3) is 23.2 Å². The molecule has 0 aliphatic carbocycles. The van der Waals surface area contributed by atoms with E-state index >= 15 is 0 Å². The lowest BCUT2D eigenvalue weighted by Gasteiger charge is -2.07. The van der Waals surface area contributed by atoms with Crippen molar-refractivity contribution in [1.29, 1.82) is 0 Å². The number of ether oxygens (including phenoxy) is 1. The maximum Gasteiger partial charge on any atom is 0.336 e. The van der Waals surface area contributed by atoms with Crippen LogP contribution in [0.15, 0.2) is 102 Å². The lowest BCUT2D eigenvalue weighted by Crippen LogP contribution is -2.18. The second kappa shape index (κ2) is 14.1. The van der Waals surface area contributed by atoms with Gasteiger partial charge in [-0.05, 0) is 66.2 Å². The highest BCUT2D eigenvalue weighted by molar-refractivity contribution is 6.30. The fraction of sp³-hybridized carbons (Fsp3) is 0. The molecule has 4 aromatic carbocycles. The van der Waals surface area contributed by atoms with Crippen LogP contribution in [0.4, 0.5) is 17.1 Å². The van der Waals surface area contributed by atoms with Crippen LogP contribution < -0.4 is 15.5 Å². The lowest BCUT2D eigenvalue weighted by molar-refractivity contribution is -0.385. The minimum Gasteiger partial charge on any atom is -0.423 e. The van der Waals surface area contributed by atoms with Gasteiger partial charge in [-0.15, -0.1) is 0 Å². The van der Waals surface area contributed by atoms with E-state index in [1.54, 1.807) is 30.3 Å². The molecule has 0 aliphatic rings.